The molecule has 0 radical (unpaired) electrons. The lowest BCUT2D eigenvalue weighted by Gasteiger charge is -2.11. The van der Waals surface area contributed by atoms with Crippen molar-refractivity contribution >= 4 is 34.8 Å². The van der Waals surface area contributed by atoms with Crippen LogP contribution in [0.5, 0.6) is 5.75 Å². The average molecular weight is 418 g/mol. The largest absolute Gasteiger partial charge is 0.497 e. The molecule has 0 aliphatic carbocycles. The van der Waals surface area contributed by atoms with Crippen LogP contribution in [0.15, 0.2) is 72.8 Å². The SMILES string of the molecule is COc1ccc(NC(=O)c2ccc(NC(=O)CNc3ccccc3C(N)=O)cc2)cc1. The van der Waals surface area contributed by atoms with Gasteiger partial charge < -0.3 is 26.4 Å². The van der Waals surface area contributed by atoms with Gasteiger partial charge in [0, 0.05) is 22.6 Å². The maximum absolute atomic E-state index is 12.4. The van der Waals surface area contributed by atoms with Crippen molar-refractivity contribution in [3.8, 4) is 5.75 Å². The predicted octanol–water partition coefficient (Wildman–Crippen LogP) is 3.10. The molecule has 0 saturated heterocycles. The highest BCUT2D eigenvalue weighted by Gasteiger charge is 2.10. The molecule has 3 amide bonds. The monoisotopic (exact) mass is 418 g/mol. The van der Waals surface area contributed by atoms with E-state index in [4.69, 9.17) is 10.5 Å². The highest BCUT2D eigenvalue weighted by molar-refractivity contribution is 6.05. The number of hydrogen-bond acceptors (Lipinski definition) is 5. The van der Waals surface area contributed by atoms with E-state index in [9.17, 15) is 14.4 Å². The van der Waals surface area contributed by atoms with Crippen molar-refractivity contribution in [3.05, 3.63) is 83.9 Å². The second kappa shape index (κ2) is 9.93. The van der Waals surface area contributed by atoms with Gasteiger partial charge in [-0.3, -0.25) is 14.4 Å². The summed E-state index contributed by atoms with van der Waals surface area (Å²) in [5, 5.41) is 8.41. The van der Waals surface area contributed by atoms with Gasteiger partial charge in [-0.15, -0.1) is 0 Å². The van der Waals surface area contributed by atoms with Crippen LogP contribution in [0.2, 0.25) is 0 Å². The molecule has 0 unspecified atom stereocenters. The Morgan fingerprint density at radius 2 is 1.45 bits per heavy atom. The molecule has 0 spiro atoms. The van der Waals surface area contributed by atoms with Gasteiger partial charge in [-0.05, 0) is 60.7 Å². The number of methoxy groups -OCH3 is 1. The van der Waals surface area contributed by atoms with E-state index < -0.39 is 5.91 Å². The molecule has 0 aliphatic heterocycles. The maximum Gasteiger partial charge on any atom is 0.255 e. The van der Waals surface area contributed by atoms with Crippen molar-refractivity contribution in [1.29, 1.82) is 0 Å². The van der Waals surface area contributed by atoms with Gasteiger partial charge in [0.05, 0.1) is 19.2 Å². The van der Waals surface area contributed by atoms with Crippen molar-refractivity contribution in [1.82, 2.24) is 0 Å². The molecule has 0 aliphatic rings. The Morgan fingerprint density at radius 1 is 0.839 bits per heavy atom. The molecule has 0 fully saturated rings. The summed E-state index contributed by atoms with van der Waals surface area (Å²) in [7, 11) is 1.57. The zero-order chi connectivity index (χ0) is 22.2. The summed E-state index contributed by atoms with van der Waals surface area (Å²) < 4.78 is 5.09. The molecule has 0 atom stereocenters. The molecule has 158 valence electrons. The molecular weight excluding hydrogens is 396 g/mol. The van der Waals surface area contributed by atoms with Crippen LogP contribution in [0.4, 0.5) is 17.1 Å². The number of primary amides is 1. The Kier molecular flexibility index (Phi) is 6.85. The molecule has 8 heteroatoms. The lowest BCUT2D eigenvalue weighted by molar-refractivity contribution is -0.114. The van der Waals surface area contributed by atoms with Gasteiger partial charge in [0.2, 0.25) is 5.91 Å². The van der Waals surface area contributed by atoms with Crippen molar-refractivity contribution in [2.75, 3.05) is 29.6 Å². The quantitative estimate of drug-likeness (QED) is 0.448. The summed E-state index contributed by atoms with van der Waals surface area (Å²) >= 11 is 0. The summed E-state index contributed by atoms with van der Waals surface area (Å²) in [6.07, 6.45) is 0. The smallest absolute Gasteiger partial charge is 0.255 e. The van der Waals surface area contributed by atoms with Crippen LogP contribution < -0.4 is 26.4 Å². The number of rotatable bonds is 8. The zero-order valence-corrected chi connectivity index (χ0v) is 16.8. The third-order valence-electron chi connectivity index (χ3n) is 4.41. The minimum atomic E-state index is -0.577. The lowest BCUT2D eigenvalue weighted by atomic mass is 10.1. The van der Waals surface area contributed by atoms with Crippen molar-refractivity contribution < 1.29 is 19.1 Å². The summed E-state index contributed by atoms with van der Waals surface area (Å²) in [6.45, 7) is -0.0516. The van der Waals surface area contributed by atoms with Crippen LogP contribution in [0.3, 0.4) is 0 Å². The maximum atomic E-state index is 12.4. The fourth-order valence-corrected chi connectivity index (χ4v) is 2.82. The van der Waals surface area contributed by atoms with Crippen molar-refractivity contribution in [3.63, 3.8) is 0 Å². The first-order chi connectivity index (χ1) is 15.0. The fourth-order valence-electron chi connectivity index (χ4n) is 2.82. The van der Waals surface area contributed by atoms with Crippen molar-refractivity contribution in [2.24, 2.45) is 5.73 Å². The number of hydrogen-bond donors (Lipinski definition) is 4. The molecule has 3 rings (SSSR count). The van der Waals surface area contributed by atoms with E-state index in [1.165, 1.54) is 0 Å². The number of nitrogens with two attached hydrogens (primary N) is 1. The topological polar surface area (TPSA) is 123 Å². The summed E-state index contributed by atoms with van der Waals surface area (Å²) in [4.78, 5) is 36.0. The molecular formula is C23H22N4O4. The number of nitrogens with one attached hydrogen (secondary N) is 3. The molecule has 5 N–H and O–H groups in total. The Balaban J connectivity index is 1.54. The van der Waals surface area contributed by atoms with Gasteiger partial charge in [-0.25, -0.2) is 0 Å². The number of anilines is 3. The summed E-state index contributed by atoms with van der Waals surface area (Å²) in [5.74, 6) is -0.458. The first-order valence-electron chi connectivity index (χ1n) is 9.44. The molecule has 3 aromatic carbocycles. The van der Waals surface area contributed by atoms with E-state index in [2.05, 4.69) is 16.0 Å². The van der Waals surface area contributed by atoms with Crippen molar-refractivity contribution in [2.45, 2.75) is 0 Å². The standard InChI is InChI=1S/C23H22N4O4/c1-31-18-12-10-17(11-13-18)27-23(30)15-6-8-16(9-7-15)26-21(28)14-25-20-5-3-2-4-19(20)22(24)29/h2-13,25H,14H2,1H3,(H2,24,29)(H,26,28)(H,27,30). The lowest BCUT2D eigenvalue weighted by Crippen LogP contribution is -2.23. The highest BCUT2D eigenvalue weighted by Crippen LogP contribution is 2.17. The molecule has 3 aromatic rings. The summed E-state index contributed by atoms with van der Waals surface area (Å²) in [6, 6.07) is 20.2. The third kappa shape index (κ3) is 5.83. The van der Waals surface area contributed by atoms with Gasteiger partial charge >= 0.3 is 0 Å². The number of carbonyl (C=O) groups excluding carboxylic acids is 3. The van der Waals surface area contributed by atoms with Crippen LogP contribution in [-0.2, 0) is 4.79 Å². The van der Waals surface area contributed by atoms with Gasteiger partial charge in [-0.2, -0.15) is 0 Å². The number of para-hydroxylation sites is 1. The number of benzene rings is 3. The number of carbonyl (C=O) groups is 3. The van der Waals surface area contributed by atoms with Gasteiger partial charge in [0.15, 0.2) is 0 Å². The zero-order valence-electron chi connectivity index (χ0n) is 16.8. The van der Waals surface area contributed by atoms with Crippen LogP contribution >= 0.6 is 0 Å². The fraction of sp³-hybridized carbons (Fsp3) is 0.0870. The first kappa shape index (κ1) is 21.4. The molecule has 0 saturated carbocycles. The van der Waals surface area contributed by atoms with Crippen LogP contribution in [0, 0.1) is 0 Å². The van der Waals surface area contributed by atoms with Crippen LogP contribution in [-0.4, -0.2) is 31.4 Å². The molecule has 0 aromatic heterocycles. The Bertz CT molecular complexity index is 1080. The summed E-state index contributed by atoms with van der Waals surface area (Å²) in [5.41, 5.74) is 7.75. The predicted molar refractivity (Wildman–Crippen MR) is 119 cm³/mol. The minimum absolute atomic E-state index is 0.0516. The van der Waals surface area contributed by atoms with E-state index in [1.54, 1.807) is 79.9 Å². The molecule has 0 heterocycles. The van der Waals surface area contributed by atoms with E-state index >= 15 is 0 Å². The number of amides is 3. The Labute approximate surface area is 179 Å². The van der Waals surface area contributed by atoms with Gasteiger partial charge in [0.1, 0.15) is 5.75 Å². The average Bonchev–Trinajstić information content (AvgIpc) is 2.78. The second-order valence-electron chi connectivity index (χ2n) is 6.57. The molecule has 8 nitrogen and oxygen atoms in total. The second-order valence-corrected chi connectivity index (χ2v) is 6.57. The van der Waals surface area contributed by atoms with E-state index in [0.717, 1.165) is 0 Å². The van der Waals surface area contributed by atoms with Gasteiger partial charge in [0.25, 0.3) is 11.8 Å². The third-order valence-corrected chi connectivity index (χ3v) is 4.41. The van der Waals surface area contributed by atoms with E-state index in [0.29, 0.717) is 33.9 Å². The highest BCUT2D eigenvalue weighted by atomic mass is 16.5. The molecule has 0 bridgehead atoms. The van der Waals surface area contributed by atoms with Crippen LogP contribution in [0.25, 0.3) is 0 Å². The normalized spacial score (nSPS) is 10.1. The molecule has 31 heavy (non-hydrogen) atoms. The Hall–Kier alpha value is -4.33. The van der Waals surface area contributed by atoms with E-state index in [-0.39, 0.29) is 18.4 Å². The minimum Gasteiger partial charge on any atom is -0.497 e. The van der Waals surface area contributed by atoms with Gasteiger partial charge in [-0.1, -0.05) is 12.1 Å². The van der Waals surface area contributed by atoms with E-state index in [1.807, 2.05) is 0 Å². The Morgan fingerprint density at radius 3 is 2.10 bits per heavy atom. The van der Waals surface area contributed by atoms with Crippen LogP contribution in [0.1, 0.15) is 20.7 Å². The first-order valence-corrected chi connectivity index (χ1v) is 9.44. The number of ether oxygens (including phenoxy) is 1.